The number of aryl methyl sites for hydroxylation is 3. The molecule has 0 amide bonds. The van der Waals surface area contributed by atoms with Gasteiger partial charge in [-0.3, -0.25) is 14.3 Å². The second kappa shape index (κ2) is 8.20. The first-order valence-corrected chi connectivity index (χ1v) is 9.64. The van der Waals surface area contributed by atoms with Crippen LogP contribution in [0.3, 0.4) is 0 Å². The van der Waals surface area contributed by atoms with E-state index in [1.807, 2.05) is 67.6 Å². The van der Waals surface area contributed by atoms with Gasteiger partial charge in [-0.15, -0.1) is 0 Å². The fourth-order valence-corrected chi connectivity index (χ4v) is 3.30. The maximum absolute atomic E-state index is 12.6. The Kier molecular flexibility index (Phi) is 5.30. The highest BCUT2D eigenvalue weighted by Crippen LogP contribution is 2.17. The van der Waals surface area contributed by atoms with Crippen molar-refractivity contribution in [3.8, 4) is 0 Å². The largest absolute Gasteiger partial charge is 0.329 e. The molecule has 4 aromatic rings. The third-order valence-electron chi connectivity index (χ3n) is 4.99. The number of hydrogen-bond donors (Lipinski definition) is 2. The molecule has 152 valence electrons. The lowest BCUT2D eigenvalue weighted by Crippen LogP contribution is -2.29. The first kappa shape index (κ1) is 19.4. The Labute approximate surface area is 172 Å². The lowest BCUT2D eigenvalue weighted by Gasteiger charge is -2.09. The van der Waals surface area contributed by atoms with E-state index in [9.17, 15) is 9.59 Å². The Morgan fingerprint density at radius 3 is 2.43 bits per heavy atom. The van der Waals surface area contributed by atoms with Crippen molar-refractivity contribution < 1.29 is 0 Å². The Morgan fingerprint density at radius 2 is 1.73 bits per heavy atom. The molecule has 0 saturated carbocycles. The van der Waals surface area contributed by atoms with Gasteiger partial charge < -0.3 is 4.57 Å². The average molecular weight is 402 g/mol. The summed E-state index contributed by atoms with van der Waals surface area (Å²) < 4.78 is 3.09. The number of benzene rings is 2. The number of rotatable bonds is 6. The highest BCUT2D eigenvalue weighted by molar-refractivity contribution is 5.99. The molecule has 0 bridgehead atoms. The van der Waals surface area contributed by atoms with Crippen LogP contribution >= 0.6 is 0 Å². The normalized spacial score (nSPS) is 11.7. The highest BCUT2D eigenvalue weighted by atomic mass is 16.2. The molecular formula is C22H22N6O2. The molecule has 30 heavy (non-hydrogen) atoms. The van der Waals surface area contributed by atoms with Gasteiger partial charge in [-0.25, -0.2) is 10.2 Å². The number of aromatic nitrogens is 4. The minimum Gasteiger partial charge on any atom is -0.303 e. The summed E-state index contributed by atoms with van der Waals surface area (Å²) in [4.78, 5) is 31.4. The Bertz CT molecular complexity index is 1320. The highest BCUT2D eigenvalue weighted by Gasteiger charge is 2.17. The molecule has 2 aromatic carbocycles. The van der Waals surface area contributed by atoms with Gasteiger partial charge in [0.05, 0.1) is 5.71 Å². The van der Waals surface area contributed by atoms with Gasteiger partial charge in [0.15, 0.2) is 11.2 Å². The predicted molar refractivity (Wildman–Crippen MR) is 118 cm³/mol. The third-order valence-corrected chi connectivity index (χ3v) is 4.99. The van der Waals surface area contributed by atoms with Crippen molar-refractivity contribution in [2.45, 2.75) is 19.9 Å². The van der Waals surface area contributed by atoms with Crippen LogP contribution in [0, 0.1) is 0 Å². The van der Waals surface area contributed by atoms with Crippen LogP contribution < -0.4 is 16.7 Å². The van der Waals surface area contributed by atoms with E-state index in [4.69, 9.17) is 0 Å². The molecule has 0 unspecified atom stereocenters. The summed E-state index contributed by atoms with van der Waals surface area (Å²) in [7, 11) is 1.58. The maximum atomic E-state index is 12.6. The number of nitrogens with zero attached hydrogens (tertiary/aromatic N) is 4. The van der Waals surface area contributed by atoms with Gasteiger partial charge in [0, 0.05) is 13.6 Å². The first-order chi connectivity index (χ1) is 14.5. The summed E-state index contributed by atoms with van der Waals surface area (Å²) in [5.41, 5.74) is 5.55. The lowest BCUT2D eigenvalue weighted by molar-refractivity contribution is 0.716. The number of hydrazone groups is 1. The van der Waals surface area contributed by atoms with Crippen molar-refractivity contribution in [1.29, 1.82) is 0 Å². The van der Waals surface area contributed by atoms with Gasteiger partial charge in [-0.2, -0.15) is 10.1 Å². The van der Waals surface area contributed by atoms with Crippen molar-refractivity contribution in [3.63, 3.8) is 0 Å². The van der Waals surface area contributed by atoms with Gasteiger partial charge in [0.25, 0.3) is 5.56 Å². The third kappa shape index (κ3) is 3.80. The SMILES string of the molecule is C/C(=N\Nc1nc2c(c(=O)[nH]c(=O)n2C)n1CCc1ccccc1)c1ccccc1. The summed E-state index contributed by atoms with van der Waals surface area (Å²) in [5.74, 6) is 0.405. The number of nitrogens with one attached hydrogen (secondary N) is 2. The summed E-state index contributed by atoms with van der Waals surface area (Å²) >= 11 is 0. The first-order valence-electron chi connectivity index (χ1n) is 9.64. The number of fused-ring (bicyclic) bond motifs is 1. The number of hydrogen-bond acceptors (Lipinski definition) is 5. The molecule has 2 aromatic heterocycles. The quantitative estimate of drug-likeness (QED) is 0.382. The molecular weight excluding hydrogens is 380 g/mol. The van der Waals surface area contributed by atoms with E-state index >= 15 is 0 Å². The molecule has 0 atom stereocenters. The Morgan fingerprint density at radius 1 is 1.07 bits per heavy atom. The van der Waals surface area contributed by atoms with Crippen LogP contribution in [-0.4, -0.2) is 24.8 Å². The second-order valence-corrected chi connectivity index (χ2v) is 6.99. The number of H-pyrrole nitrogens is 1. The zero-order valence-corrected chi connectivity index (χ0v) is 16.8. The Balaban J connectivity index is 1.75. The number of aromatic amines is 1. The van der Waals surface area contributed by atoms with Crippen molar-refractivity contribution in [3.05, 3.63) is 92.6 Å². The van der Waals surface area contributed by atoms with Crippen LogP contribution in [0.4, 0.5) is 5.95 Å². The van der Waals surface area contributed by atoms with Crippen molar-refractivity contribution in [1.82, 2.24) is 19.1 Å². The molecule has 0 aliphatic carbocycles. The lowest BCUT2D eigenvalue weighted by atomic mass is 10.1. The summed E-state index contributed by atoms with van der Waals surface area (Å²) in [6.45, 7) is 2.39. The standard InChI is InChI=1S/C22H22N6O2/c1-15(17-11-7-4-8-12-17)25-26-21-23-19-18(20(29)24-22(30)27(19)2)28(21)14-13-16-9-5-3-6-10-16/h3-12H,13-14H2,1-2H3,(H,23,26)(H,24,29,30)/b25-15+. The Hall–Kier alpha value is -3.94. The van der Waals surface area contributed by atoms with Crippen LogP contribution in [0.1, 0.15) is 18.1 Å². The number of anilines is 1. The van der Waals surface area contributed by atoms with E-state index in [-0.39, 0.29) is 0 Å². The molecule has 8 nitrogen and oxygen atoms in total. The fraction of sp³-hybridized carbons (Fsp3) is 0.182. The van der Waals surface area contributed by atoms with E-state index in [2.05, 4.69) is 20.5 Å². The van der Waals surface area contributed by atoms with E-state index in [1.165, 1.54) is 4.57 Å². The van der Waals surface area contributed by atoms with E-state index < -0.39 is 11.2 Å². The van der Waals surface area contributed by atoms with Gasteiger partial charge in [0.1, 0.15) is 0 Å². The van der Waals surface area contributed by atoms with Crippen molar-refractivity contribution in [2.75, 3.05) is 5.43 Å². The summed E-state index contributed by atoms with van der Waals surface area (Å²) in [6, 6.07) is 19.7. The van der Waals surface area contributed by atoms with Crippen LogP contribution in [0.5, 0.6) is 0 Å². The average Bonchev–Trinajstić information content (AvgIpc) is 3.15. The number of imidazole rings is 1. The van der Waals surface area contributed by atoms with Crippen LogP contribution in [0.25, 0.3) is 11.2 Å². The molecule has 2 N–H and O–H groups in total. The van der Waals surface area contributed by atoms with Gasteiger partial charge >= 0.3 is 5.69 Å². The van der Waals surface area contributed by atoms with E-state index in [0.29, 0.717) is 30.1 Å². The predicted octanol–water partition coefficient (Wildman–Crippen LogP) is 2.50. The van der Waals surface area contributed by atoms with Crippen molar-refractivity contribution in [2.24, 2.45) is 12.1 Å². The topological polar surface area (TPSA) is 97.1 Å². The summed E-state index contributed by atoms with van der Waals surface area (Å²) in [6.07, 6.45) is 0.699. The zero-order valence-electron chi connectivity index (χ0n) is 16.8. The molecule has 4 rings (SSSR count). The minimum atomic E-state index is -0.504. The van der Waals surface area contributed by atoms with E-state index in [0.717, 1.165) is 16.8 Å². The zero-order chi connectivity index (χ0) is 21.1. The second-order valence-electron chi connectivity index (χ2n) is 6.99. The molecule has 2 heterocycles. The van der Waals surface area contributed by atoms with E-state index in [1.54, 1.807) is 11.6 Å². The van der Waals surface area contributed by atoms with Crippen LogP contribution in [-0.2, 0) is 20.0 Å². The van der Waals surface area contributed by atoms with Crippen LogP contribution in [0.15, 0.2) is 75.4 Å². The molecule has 8 heteroatoms. The molecule has 0 saturated heterocycles. The molecule has 0 aliphatic heterocycles. The van der Waals surface area contributed by atoms with Gasteiger partial charge in [0.2, 0.25) is 5.95 Å². The molecule has 0 fully saturated rings. The minimum absolute atomic E-state index is 0.312. The molecule has 0 radical (unpaired) electrons. The van der Waals surface area contributed by atoms with Crippen molar-refractivity contribution >= 4 is 22.8 Å². The van der Waals surface area contributed by atoms with Gasteiger partial charge in [-0.1, -0.05) is 60.7 Å². The van der Waals surface area contributed by atoms with Crippen LogP contribution in [0.2, 0.25) is 0 Å². The molecule has 0 spiro atoms. The van der Waals surface area contributed by atoms with Gasteiger partial charge in [-0.05, 0) is 24.5 Å². The fourth-order valence-electron chi connectivity index (χ4n) is 3.30. The smallest absolute Gasteiger partial charge is 0.303 e. The summed E-state index contributed by atoms with van der Waals surface area (Å²) in [5, 5.41) is 4.44. The molecule has 0 aliphatic rings. The maximum Gasteiger partial charge on any atom is 0.329 e. The monoisotopic (exact) mass is 402 g/mol.